The van der Waals surface area contributed by atoms with E-state index in [1.165, 1.54) is 39.3 Å². The summed E-state index contributed by atoms with van der Waals surface area (Å²) in [7, 11) is 0. The van der Waals surface area contributed by atoms with E-state index in [-0.39, 0.29) is 0 Å². The number of hydrogen-bond acceptors (Lipinski definition) is 0. The summed E-state index contributed by atoms with van der Waals surface area (Å²) in [6.45, 7) is -3.98. The summed E-state index contributed by atoms with van der Waals surface area (Å²) >= 11 is 8.64. The van der Waals surface area contributed by atoms with Gasteiger partial charge in [-0.1, -0.05) is 128 Å². The minimum absolute atomic E-state index is 1.17. The molecule has 0 saturated carbocycles. The molecule has 0 N–H and O–H groups in total. The van der Waals surface area contributed by atoms with Crippen LogP contribution in [0.15, 0.2) is 121 Å². The third-order valence-electron chi connectivity index (χ3n) is 5.97. The number of rotatable bonds is 8. The molecule has 0 heterocycles. The van der Waals surface area contributed by atoms with E-state index < -0.39 is 13.4 Å². The van der Waals surface area contributed by atoms with Crippen molar-refractivity contribution in [3.63, 3.8) is 0 Å². The van der Waals surface area contributed by atoms with Gasteiger partial charge in [-0.3, -0.25) is 0 Å². The van der Waals surface area contributed by atoms with Crippen molar-refractivity contribution in [2.45, 2.75) is 18.5 Å². The molecule has 0 aliphatic carbocycles. The van der Waals surface area contributed by atoms with Crippen LogP contribution < -0.4 is 20.7 Å². The van der Waals surface area contributed by atoms with Crippen LogP contribution in [0.4, 0.5) is 0 Å². The second-order valence-corrected chi connectivity index (χ2v) is 22.6. The van der Waals surface area contributed by atoms with E-state index in [4.69, 9.17) is 0 Å². The monoisotopic (exact) mass is 564 g/mol. The largest absolute Gasteiger partial charge is 0.190 e. The maximum absolute atomic E-state index is 4.32. The number of hydrogen-bond donors (Lipinski definition) is 0. The van der Waals surface area contributed by atoms with E-state index in [0.717, 1.165) is 0 Å². The summed E-state index contributed by atoms with van der Waals surface area (Å²) in [5.74, 6) is 0. The molecule has 0 radical (unpaired) electrons. The van der Waals surface area contributed by atoms with Gasteiger partial charge in [0.1, 0.15) is 0 Å². The summed E-state index contributed by atoms with van der Waals surface area (Å²) in [5, 5.41) is 5.79. The first-order valence-electron chi connectivity index (χ1n) is 10.7. The van der Waals surface area contributed by atoms with E-state index in [2.05, 4.69) is 152 Å². The highest BCUT2D eigenvalue weighted by Crippen LogP contribution is 2.27. The molecule has 0 bridgehead atoms. The van der Waals surface area contributed by atoms with Crippen LogP contribution in [0.2, 0.25) is 12.1 Å². The quantitative estimate of drug-likeness (QED) is 0.190. The predicted octanol–water partition coefficient (Wildman–Crippen LogP) is 5.69. The van der Waals surface area contributed by atoms with Crippen LogP contribution in [0.5, 0.6) is 0 Å². The van der Waals surface area contributed by atoms with Gasteiger partial charge in [-0.05, 0) is 32.8 Å². The molecule has 0 fully saturated rings. The van der Waals surface area contributed by atoms with Gasteiger partial charge in [-0.25, -0.2) is 0 Å². The highest BCUT2D eigenvalue weighted by Gasteiger charge is 2.38. The van der Waals surface area contributed by atoms with Crippen molar-refractivity contribution in [3.05, 3.63) is 121 Å². The Morgan fingerprint density at radius 1 is 0.387 bits per heavy atom. The molecule has 0 saturated heterocycles. The third-order valence-corrected chi connectivity index (χ3v) is 20.9. The molecule has 0 spiro atoms. The van der Waals surface area contributed by atoms with Crippen LogP contribution in [0, 0.1) is 0 Å². The molecule has 0 amide bonds. The smallest absolute Gasteiger partial charge is 0.114 e. The van der Waals surface area contributed by atoms with Crippen molar-refractivity contribution in [3.8, 4) is 0 Å². The lowest BCUT2D eigenvalue weighted by molar-refractivity contribution is 1.05. The SMILES string of the molecule is Br[Si](CCC[Si](Br)(c1ccccc1)c1ccccc1)(c1ccccc1)c1ccccc1. The topological polar surface area (TPSA) is 0 Å². The van der Waals surface area contributed by atoms with Crippen LogP contribution in [0.25, 0.3) is 0 Å². The molecule has 0 nitrogen and oxygen atoms in total. The van der Waals surface area contributed by atoms with E-state index in [9.17, 15) is 0 Å². The molecular weight excluding hydrogens is 540 g/mol. The summed E-state index contributed by atoms with van der Waals surface area (Å²) < 4.78 is 0. The Hall–Kier alpha value is -1.73. The van der Waals surface area contributed by atoms with Crippen LogP contribution in [-0.2, 0) is 0 Å². The molecule has 0 aliphatic rings. The van der Waals surface area contributed by atoms with Gasteiger partial charge in [0, 0.05) is 0 Å². The van der Waals surface area contributed by atoms with Gasteiger partial charge in [-0.2, -0.15) is 0 Å². The zero-order chi connectivity index (χ0) is 21.6. The Morgan fingerprint density at radius 3 is 0.839 bits per heavy atom. The standard InChI is InChI=1S/C27H26Br2Si2/c28-30(24-14-5-1-6-15-24,25-16-7-2-8-17-25)22-13-23-31(29,26-18-9-3-10-19-26)27-20-11-4-12-21-27/h1-12,14-21H,13,22-23H2. The first-order valence-corrected chi connectivity index (χ1v) is 19.7. The average Bonchev–Trinajstić information content (AvgIpc) is 2.86. The Kier molecular flexibility index (Phi) is 7.44. The summed E-state index contributed by atoms with van der Waals surface area (Å²) in [5.41, 5.74) is 0. The van der Waals surface area contributed by atoms with E-state index >= 15 is 0 Å². The molecule has 4 aromatic carbocycles. The van der Waals surface area contributed by atoms with E-state index in [0.29, 0.717) is 0 Å². The van der Waals surface area contributed by atoms with Crippen LogP contribution in [0.1, 0.15) is 6.42 Å². The first-order chi connectivity index (χ1) is 15.1. The van der Waals surface area contributed by atoms with Crippen molar-refractivity contribution < 1.29 is 0 Å². The van der Waals surface area contributed by atoms with Gasteiger partial charge in [0.05, 0.1) is 0 Å². The minimum atomic E-state index is -1.99. The molecule has 0 aliphatic heterocycles. The molecular formula is C27H26Br2Si2. The van der Waals surface area contributed by atoms with Gasteiger partial charge < -0.3 is 0 Å². The Balaban J connectivity index is 1.64. The van der Waals surface area contributed by atoms with Gasteiger partial charge >= 0.3 is 0 Å². The lowest BCUT2D eigenvalue weighted by atomic mass is 10.4. The van der Waals surface area contributed by atoms with E-state index in [1.807, 2.05) is 0 Å². The van der Waals surface area contributed by atoms with Gasteiger partial charge in [0.2, 0.25) is 0 Å². The summed E-state index contributed by atoms with van der Waals surface area (Å²) in [6, 6.07) is 46.4. The van der Waals surface area contributed by atoms with Gasteiger partial charge in [0.15, 0.2) is 13.4 Å². The molecule has 0 atom stereocenters. The molecule has 0 aromatic heterocycles. The maximum Gasteiger partial charge on any atom is 0.190 e. The summed E-state index contributed by atoms with van der Waals surface area (Å²) in [6.07, 6.45) is 1.17. The lowest BCUT2D eigenvalue weighted by Crippen LogP contribution is -2.55. The average molecular weight is 566 g/mol. The van der Waals surface area contributed by atoms with Crippen molar-refractivity contribution in [2.24, 2.45) is 0 Å². The van der Waals surface area contributed by atoms with Crippen LogP contribution in [-0.4, -0.2) is 13.4 Å². The zero-order valence-electron chi connectivity index (χ0n) is 17.4. The Labute approximate surface area is 203 Å². The van der Waals surface area contributed by atoms with Crippen molar-refractivity contribution in [1.82, 2.24) is 0 Å². The molecule has 156 valence electrons. The molecule has 4 aromatic rings. The van der Waals surface area contributed by atoms with Crippen LogP contribution in [0.3, 0.4) is 0 Å². The molecule has 4 rings (SSSR count). The van der Waals surface area contributed by atoms with Crippen LogP contribution >= 0.6 is 30.6 Å². The number of benzene rings is 4. The Bertz CT molecular complexity index is 903. The second kappa shape index (κ2) is 10.3. The lowest BCUT2D eigenvalue weighted by Gasteiger charge is -2.30. The number of halogens is 2. The fourth-order valence-electron chi connectivity index (χ4n) is 4.30. The molecule has 4 heteroatoms. The van der Waals surface area contributed by atoms with Gasteiger partial charge in [-0.15, -0.1) is 30.6 Å². The highest BCUT2D eigenvalue weighted by molar-refractivity contribution is 9.27. The van der Waals surface area contributed by atoms with Crippen molar-refractivity contribution in [2.75, 3.05) is 0 Å². The third kappa shape index (κ3) is 5.03. The normalized spacial score (nSPS) is 11.9. The predicted molar refractivity (Wildman–Crippen MR) is 148 cm³/mol. The minimum Gasteiger partial charge on any atom is -0.114 e. The summed E-state index contributed by atoms with van der Waals surface area (Å²) in [4.78, 5) is 0. The first kappa shape index (κ1) is 22.5. The van der Waals surface area contributed by atoms with Crippen molar-refractivity contribution in [1.29, 1.82) is 0 Å². The fourth-order valence-corrected chi connectivity index (χ4v) is 15.5. The van der Waals surface area contributed by atoms with E-state index in [1.54, 1.807) is 0 Å². The second-order valence-electron chi connectivity index (χ2n) is 7.92. The van der Waals surface area contributed by atoms with Gasteiger partial charge in [0.25, 0.3) is 0 Å². The maximum atomic E-state index is 4.32. The zero-order valence-corrected chi connectivity index (χ0v) is 22.6. The van der Waals surface area contributed by atoms with Crippen molar-refractivity contribution >= 4 is 64.7 Å². The molecule has 31 heavy (non-hydrogen) atoms. The molecule has 0 unspecified atom stereocenters. The highest BCUT2D eigenvalue weighted by atomic mass is 79.9. The fraction of sp³-hybridized carbons (Fsp3) is 0.111. The Morgan fingerprint density at radius 2 is 0.613 bits per heavy atom.